The number of hydrogen-bond acceptors (Lipinski definition) is 5. The molecule has 1 saturated heterocycles. The zero-order chi connectivity index (χ0) is 31.3. The van der Waals surface area contributed by atoms with Crippen LogP contribution in [0.2, 0.25) is 0 Å². The van der Waals surface area contributed by atoms with E-state index in [-0.39, 0.29) is 23.3 Å². The molecule has 2 atom stereocenters. The molecule has 1 heterocycles. The van der Waals surface area contributed by atoms with Gasteiger partial charge in [-0.25, -0.2) is 0 Å². The van der Waals surface area contributed by atoms with E-state index in [1.807, 2.05) is 78.7 Å². The van der Waals surface area contributed by atoms with Gasteiger partial charge in [-0.15, -0.1) is 0 Å². The van der Waals surface area contributed by atoms with E-state index in [1.54, 1.807) is 19.0 Å². The fraction of sp³-hybridized carbons (Fsp3) is 0.417. The lowest BCUT2D eigenvalue weighted by Gasteiger charge is -2.39. The van der Waals surface area contributed by atoms with Gasteiger partial charge in [-0.3, -0.25) is 14.4 Å². The maximum absolute atomic E-state index is 14.5. The number of fused-ring (bicyclic) bond motifs is 1. The van der Waals surface area contributed by atoms with E-state index in [1.165, 1.54) is 11.0 Å². The van der Waals surface area contributed by atoms with Crippen molar-refractivity contribution < 1.29 is 14.4 Å². The van der Waals surface area contributed by atoms with Crippen LogP contribution in [0.25, 0.3) is 10.8 Å². The van der Waals surface area contributed by atoms with Crippen LogP contribution in [0, 0.1) is 0 Å². The maximum atomic E-state index is 14.5. The first-order valence-corrected chi connectivity index (χ1v) is 15.6. The molecule has 1 unspecified atom stereocenters. The van der Waals surface area contributed by atoms with E-state index in [0.29, 0.717) is 25.9 Å². The highest BCUT2D eigenvalue weighted by Crippen LogP contribution is 2.32. The third kappa shape index (κ3) is 7.20. The molecule has 0 aromatic heterocycles. The minimum atomic E-state index is -0.819. The van der Waals surface area contributed by atoms with Gasteiger partial charge in [-0.1, -0.05) is 78.9 Å². The lowest BCUT2D eigenvalue weighted by molar-refractivity contribution is -0.150. The first-order valence-electron chi connectivity index (χ1n) is 15.6. The Labute approximate surface area is 261 Å². The third-order valence-electron chi connectivity index (χ3n) is 9.38. The molecule has 1 aliphatic carbocycles. The van der Waals surface area contributed by atoms with Gasteiger partial charge in [0.15, 0.2) is 0 Å². The standard InChI is InChI=1S/C36H45N5O3/c1-38-21-23-41(24-22-38)35(44)33(29-12-5-4-6-13-29)40(3)34(43)31(26-27-16-17-28-11-7-8-14-30(28)25-27)39(2)32(42)15-9-18-36(37)19-10-20-36/h4-9,11-17,25,31,33H,10,18-24,26,37H2,1-3H3/b15-9+/t31-,33?/m1/s1. The second-order valence-electron chi connectivity index (χ2n) is 12.6. The molecule has 3 amide bonds. The molecular weight excluding hydrogens is 550 g/mol. The Balaban J connectivity index is 1.44. The van der Waals surface area contributed by atoms with E-state index < -0.39 is 12.1 Å². The third-order valence-corrected chi connectivity index (χ3v) is 9.38. The molecule has 0 radical (unpaired) electrons. The second kappa shape index (κ2) is 13.7. The van der Waals surface area contributed by atoms with E-state index in [9.17, 15) is 14.4 Å². The number of carbonyl (C=O) groups is 3. The fourth-order valence-corrected chi connectivity index (χ4v) is 6.21. The maximum Gasteiger partial charge on any atom is 0.250 e. The van der Waals surface area contributed by atoms with Crippen LogP contribution in [0.4, 0.5) is 0 Å². The number of nitrogens with two attached hydrogens (primary N) is 1. The normalized spacial score (nSPS) is 18.0. The van der Waals surface area contributed by atoms with E-state index in [0.717, 1.165) is 54.3 Å². The number of benzene rings is 3. The molecule has 2 aliphatic rings. The fourth-order valence-electron chi connectivity index (χ4n) is 6.21. The van der Waals surface area contributed by atoms with E-state index in [2.05, 4.69) is 17.0 Å². The summed E-state index contributed by atoms with van der Waals surface area (Å²) < 4.78 is 0. The summed E-state index contributed by atoms with van der Waals surface area (Å²) in [4.78, 5) is 49.2. The molecule has 2 N–H and O–H groups in total. The van der Waals surface area contributed by atoms with Gasteiger partial charge >= 0.3 is 0 Å². The Morgan fingerprint density at radius 3 is 2.20 bits per heavy atom. The highest BCUT2D eigenvalue weighted by molar-refractivity contribution is 5.95. The Morgan fingerprint density at radius 2 is 1.55 bits per heavy atom. The smallest absolute Gasteiger partial charge is 0.250 e. The lowest BCUT2D eigenvalue weighted by atomic mass is 9.75. The molecule has 1 saturated carbocycles. The molecule has 0 spiro atoms. The van der Waals surface area contributed by atoms with Crippen LogP contribution >= 0.6 is 0 Å². The number of rotatable bonds is 10. The van der Waals surface area contributed by atoms with Gasteiger partial charge in [0.2, 0.25) is 17.7 Å². The monoisotopic (exact) mass is 595 g/mol. The largest absolute Gasteiger partial charge is 0.338 e. The SMILES string of the molecule is CN1CCN(C(=O)C(c2ccccc2)N(C)C(=O)[C@@H](Cc2ccc3ccccc3c2)N(C)C(=O)/C=C/CC2(N)CCC2)CC1. The van der Waals surface area contributed by atoms with Gasteiger partial charge in [-0.2, -0.15) is 0 Å². The van der Waals surface area contributed by atoms with Crippen LogP contribution in [-0.2, 0) is 20.8 Å². The molecule has 0 bridgehead atoms. The highest BCUT2D eigenvalue weighted by atomic mass is 16.2. The predicted molar refractivity (Wildman–Crippen MR) is 175 cm³/mol. The van der Waals surface area contributed by atoms with E-state index in [4.69, 9.17) is 5.73 Å². The van der Waals surface area contributed by atoms with Crippen molar-refractivity contribution in [1.29, 1.82) is 0 Å². The summed E-state index contributed by atoms with van der Waals surface area (Å²) in [6, 6.07) is 22.0. The molecule has 5 rings (SSSR count). The molecule has 44 heavy (non-hydrogen) atoms. The molecule has 3 aromatic carbocycles. The zero-order valence-electron chi connectivity index (χ0n) is 26.2. The molecule has 8 nitrogen and oxygen atoms in total. The zero-order valence-corrected chi connectivity index (χ0v) is 26.2. The predicted octanol–water partition coefficient (Wildman–Crippen LogP) is 4.01. The average Bonchev–Trinajstić information content (AvgIpc) is 3.02. The topological polar surface area (TPSA) is 90.2 Å². The minimum Gasteiger partial charge on any atom is -0.338 e. The second-order valence-corrected chi connectivity index (χ2v) is 12.6. The van der Waals surface area contributed by atoms with Gasteiger partial charge in [0.1, 0.15) is 12.1 Å². The van der Waals surface area contributed by atoms with Gasteiger partial charge in [0.05, 0.1) is 0 Å². The summed E-state index contributed by atoms with van der Waals surface area (Å²) in [7, 11) is 5.40. The number of carbonyl (C=O) groups excluding carboxylic acids is 3. The summed E-state index contributed by atoms with van der Waals surface area (Å²) in [5, 5.41) is 2.18. The number of hydrogen-bond donors (Lipinski definition) is 1. The van der Waals surface area contributed by atoms with Crippen LogP contribution < -0.4 is 5.73 Å². The van der Waals surface area contributed by atoms with Crippen molar-refractivity contribution in [2.75, 3.05) is 47.3 Å². The molecule has 3 aromatic rings. The van der Waals surface area contributed by atoms with Crippen LogP contribution in [0.1, 0.15) is 42.9 Å². The quantitative estimate of drug-likeness (QED) is 0.358. The molecular formula is C36H45N5O3. The number of amides is 3. The van der Waals surface area contributed by atoms with Gasteiger partial charge in [0, 0.05) is 52.2 Å². The number of piperazine rings is 1. The first-order chi connectivity index (χ1) is 21.1. The van der Waals surface area contributed by atoms with Crippen LogP contribution in [0.5, 0.6) is 0 Å². The van der Waals surface area contributed by atoms with Crippen LogP contribution in [0.15, 0.2) is 84.9 Å². The van der Waals surface area contributed by atoms with Crippen LogP contribution in [-0.4, -0.2) is 96.2 Å². The summed E-state index contributed by atoms with van der Waals surface area (Å²) in [5.74, 6) is -0.651. The summed E-state index contributed by atoms with van der Waals surface area (Å²) in [5.41, 5.74) is 7.83. The van der Waals surface area contributed by atoms with Crippen molar-refractivity contribution >= 4 is 28.5 Å². The Kier molecular flexibility index (Phi) is 9.81. The van der Waals surface area contributed by atoms with Gasteiger partial charge < -0.3 is 25.3 Å². The average molecular weight is 596 g/mol. The summed E-state index contributed by atoms with van der Waals surface area (Å²) in [6.45, 7) is 2.77. The Hall–Kier alpha value is -4.01. The Morgan fingerprint density at radius 1 is 0.886 bits per heavy atom. The van der Waals surface area contributed by atoms with Crippen LogP contribution in [0.3, 0.4) is 0 Å². The van der Waals surface area contributed by atoms with Crippen molar-refractivity contribution in [2.45, 2.75) is 49.7 Å². The highest BCUT2D eigenvalue weighted by Gasteiger charge is 2.38. The minimum absolute atomic E-state index is 0.104. The van der Waals surface area contributed by atoms with Crippen molar-refractivity contribution in [3.63, 3.8) is 0 Å². The van der Waals surface area contributed by atoms with Crippen molar-refractivity contribution in [2.24, 2.45) is 5.73 Å². The Bertz CT molecular complexity index is 1490. The van der Waals surface area contributed by atoms with Crippen molar-refractivity contribution in [1.82, 2.24) is 19.6 Å². The van der Waals surface area contributed by atoms with Gasteiger partial charge in [0.25, 0.3) is 0 Å². The van der Waals surface area contributed by atoms with Gasteiger partial charge in [-0.05, 0) is 60.7 Å². The van der Waals surface area contributed by atoms with Crippen molar-refractivity contribution in [3.05, 3.63) is 96.1 Å². The molecule has 1 aliphatic heterocycles. The number of likely N-dealkylation sites (N-methyl/N-ethyl adjacent to an activating group) is 3. The van der Waals surface area contributed by atoms with E-state index >= 15 is 0 Å². The first kappa shape index (κ1) is 31.4. The summed E-state index contributed by atoms with van der Waals surface area (Å²) >= 11 is 0. The summed E-state index contributed by atoms with van der Waals surface area (Å²) in [6.07, 6.45) is 7.35. The molecule has 2 fully saturated rings. The number of nitrogens with zero attached hydrogens (tertiary/aromatic N) is 4. The van der Waals surface area contributed by atoms with Crippen molar-refractivity contribution in [3.8, 4) is 0 Å². The molecule has 8 heteroatoms. The molecule has 232 valence electrons. The lowest BCUT2D eigenvalue weighted by Crippen LogP contribution is -2.54.